The van der Waals surface area contributed by atoms with Gasteiger partial charge >= 0.3 is 0 Å². The van der Waals surface area contributed by atoms with Gasteiger partial charge in [0, 0.05) is 30.1 Å². The van der Waals surface area contributed by atoms with E-state index in [1.165, 1.54) is 29.7 Å². The van der Waals surface area contributed by atoms with E-state index < -0.39 is 10.0 Å². The Balaban J connectivity index is 1.35. The first-order chi connectivity index (χ1) is 14.0. The fourth-order valence-corrected chi connectivity index (χ4v) is 4.53. The van der Waals surface area contributed by atoms with Gasteiger partial charge in [0.25, 0.3) is 10.0 Å². The lowest BCUT2D eigenvalue weighted by molar-refractivity contribution is -0.116. The number of anilines is 2. The highest BCUT2D eigenvalue weighted by molar-refractivity contribution is 7.93. The number of nitrogens with one attached hydrogen (secondary N) is 3. The maximum Gasteiger partial charge on any atom is 0.263 e. The Morgan fingerprint density at radius 2 is 1.90 bits per heavy atom. The van der Waals surface area contributed by atoms with Crippen molar-refractivity contribution < 1.29 is 13.2 Å². The van der Waals surface area contributed by atoms with Crippen LogP contribution >= 0.6 is 11.3 Å². The van der Waals surface area contributed by atoms with Crippen LogP contribution in [0.15, 0.2) is 65.0 Å². The molecule has 3 N–H and O–H groups in total. The van der Waals surface area contributed by atoms with Gasteiger partial charge in [-0.15, -0.1) is 11.3 Å². The molecule has 2 aromatic carbocycles. The maximum atomic E-state index is 12.3. The van der Waals surface area contributed by atoms with Crippen LogP contribution in [-0.4, -0.2) is 29.3 Å². The predicted molar refractivity (Wildman–Crippen MR) is 112 cm³/mol. The Labute approximate surface area is 171 Å². The molecule has 8 nitrogen and oxygen atoms in total. The van der Waals surface area contributed by atoms with Crippen LogP contribution in [0.1, 0.15) is 12.2 Å². The average molecular weight is 428 g/mol. The summed E-state index contributed by atoms with van der Waals surface area (Å²) in [7, 11) is -3.71. The number of nitrogens with zero attached hydrogens (tertiary/aromatic N) is 2. The maximum absolute atomic E-state index is 12.3. The van der Waals surface area contributed by atoms with Gasteiger partial charge in [0.15, 0.2) is 5.13 Å². The molecule has 0 saturated carbocycles. The van der Waals surface area contributed by atoms with Crippen molar-refractivity contribution in [2.24, 2.45) is 0 Å². The summed E-state index contributed by atoms with van der Waals surface area (Å²) in [6.07, 6.45) is 2.25. The van der Waals surface area contributed by atoms with Gasteiger partial charge in [0.1, 0.15) is 5.82 Å². The van der Waals surface area contributed by atoms with Crippen molar-refractivity contribution in [1.29, 1.82) is 0 Å². The molecule has 0 aliphatic rings. The van der Waals surface area contributed by atoms with E-state index in [1.54, 1.807) is 17.5 Å². The van der Waals surface area contributed by atoms with E-state index in [9.17, 15) is 13.2 Å². The Hall–Kier alpha value is -3.24. The number of thiazole rings is 1. The van der Waals surface area contributed by atoms with E-state index in [-0.39, 0.29) is 17.2 Å². The van der Waals surface area contributed by atoms with Crippen molar-refractivity contribution in [3.05, 3.63) is 65.9 Å². The van der Waals surface area contributed by atoms with Gasteiger partial charge in [-0.3, -0.25) is 9.52 Å². The van der Waals surface area contributed by atoms with Crippen molar-refractivity contribution in [2.45, 2.75) is 17.7 Å². The van der Waals surface area contributed by atoms with E-state index in [0.717, 1.165) is 16.9 Å². The molecule has 0 bridgehead atoms. The second kappa shape index (κ2) is 8.02. The third kappa shape index (κ3) is 4.61. The molecule has 0 saturated heterocycles. The molecule has 0 spiro atoms. The standard InChI is InChI=1S/C19H17N5O3S2/c25-18(10-9-17-22-15-3-1-2-4-16(15)23-17)21-13-5-7-14(8-6-13)29(26,27)24-19-20-11-12-28-19/h1-8,11-12H,9-10H2,(H,20,24)(H,21,25)(H,22,23). The van der Waals surface area contributed by atoms with Gasteiger partial charge in [0.05, 0.1) is 15.9 Å². The van der Waals surface area contributed by atoms with Crippen LogP contribution in [-0.2, 0) is 21.2 Å². The van der Waals surface area contributed by atoms with E-state index in [0.29, 0.717) is 17.2 Å². The average Bonchev–Trinajstić information content (AvgIpc) is 3.35. The number of amides is 1. The summed E-state index contributed by atoms with van der Waals surface area (Å²) >= 11 is 1.19. The highest BCUT2D eigenvalue weighted by Gasteiger charge is 2.15. The van der Waals surface area contributed by atoms with Gasteiger partial charge in [-0.1, -0.05) is 12.1 Å². The second-order valence-corrected chi connectivity index (χ2v) is 8.79. The third-order valence-corrected chi connectivity index (χ3v) is 6.30. The number of imidazole rings is 1. The van der Waals surface area contributed by atoms with Gasteiger partial charge in [-0.2, -0.15) is 0 Å². The summed E-state index contributed by atoms with van der Waals surface area (Å²) in [6.45, 7) is 0. The number of carbonyl (C=O) groups excluding carboxylic acids is 1. The first-order valence-corrected chi connectivity index (χ1v) is 11.1. The molecule has 29 heavy (non-hydrogen) atoms. The zero-order chi connectivity index (χ0) is 20.3. The van der Waals surface area contributed by atoms with Gasteiger partial charge in [-0.25, -0.2) is 18.4 Å². The van der Waals surface area contributed by atoms with Crippen molar-refractivity contribution >= 4 is 49.1 Å². The lowest BCUT2D eigenvalue weighted by Gasteiger charge is -2.08. The smallest absolute Gasteiger partial charge is 0.263 e. The topological polar surface area (TPSA) is 117 Å². The number of hydrogen-bond acceptors (Lipinski definition) is 6. The molecule has 0 atom stereocenters. The monoisotopic (exact) mass is 427 g/mol. The molecule has 2 heterocycles. The quantitative estimate of drug-likeness (QED) is 0.418. The number of carbonyl (C=O) groups is 1. The summed E-state index contributed by atoms with van der Waals surface area (Å²) in [5.41, 5.74) is 2.32. The van der Waals surface area contributed by atoms with Crippen LogP contribution < -0.4 is 10.0 Å². The largest absolute Gasteiger partial charge is 0.342 e. The molecule has 0 fully saturated rings. The summed E-state index contributed by atoms with van der Waals surface area (Å²) in [5.74, 6) is 0.568. The molecule has 0 radical (unpaired) electrons. The van der Waals surface area contributed by atoms with Gasteiger partial charge < -0.3 is 10.3 Å². The number of aromatic amines is 1. The van der Waals surface area contributed by atoms with Crippen LogP contribution in [0, 0.1) is 0 Å². The fraction of sp³-hybridized carbons (Fsp3) is 0.105. The minimum absolute atomic E-state index is 0.0907. The number of sulfonamides is 1. The Bertz CT molecular complexity index is 1200. The normalized spacial score (nSPS) is 11.4. The van der Waals surface area contributed by atoms with Crippen molar-refractivity contribution in [1.82, 2.24) is 15.0 Å². The van der Waals surface area contributed by atoms with Crippen LogP contribution in [0.4, 0.5) is 10.8 Å². The summed E-state index contributed by atoms with van der Waals surface area (Å²) < 4.78 is 27.1. The first kappa shape index (κ1) is 19.1. The number of hydrogen-bond donors (Lipinski definition) is 3. The number of H-pyrrole nitrogens is 1. The van der Waals surface area contributed by atoms with E-state index >= 15 is 0 Å². The Morgan fingerprint density at radius 1 is 1.10 bits per heavy atom. The number of fused-ring (bicyclic) bond motifs is 1. The number of para-hydroxylation sites is 2. The molecule has 4 rings (SSSR count). The van der Waals surface area contributed by atoms with E-state index in [1.807, 2.05) is 24.3 Å². The molecule has 1 amide bonds. The molecule has 2 aromatic heterocycles. The highest BCUT2D eigenvalue weighted by atomic mass is 32.2. The zero-order valence-corrected chi connectivity index (χ0v) is 16.8. The third-order valence-electron chi connectivity index (χ3n) is 4.13. The van der Waals surface area contributed by atoms with Crippen LogP contribution in [0.2, 0.25) is 0 Å². The molecule has 0 unspecified atom stereocenters. The SMILES string of the molecule is O=C(CCc1nc2ccccc2[nH]1)Nc1ccc(S(=O)(=O)Nc2nccs2)cc1. The van der Waals surface area contributed by atoms with Gasteiger partial charge in [-0.05, 0) is 36.4 Å². The van der Waals surface area contributed by atoms with Crippen LogP contribution in [0.3, 0.4) is 0 Å². The zero-order valence-electron chi connectivity index (χ0n) is 15.1. The number of aromatic nitrogens is 3. The molecule has 0 aliphatic heterocycles. The molecule has 4 aromatic rings. The first-order valence-electron chi connectivity index (χ1n) is 8.75. The predicted octanol–water partition coefficient (Wildman–Crippen LogP) is 3.39. The molecular weight excluding hydrogens is 410 g/mol. The van der Waals surface area contributed by atoms with Crippen molar-refractivity contribution in [2.75, 3.05) is 10.0 Å². The summed E-state index contributed by atoms with van der Waals surface area (Å²) in [4.78, 5) is 23.8. The number of benzene rings is 2. The number of aryl methyl sites for hydroxylation is 1. The molecule has 0 aliphatic carbocycles. The van der Waals surface area contributed by atoms with Crippen LogP contribution in [0.25, 0.3) is 11.0 Å². The van der Waals surface area contributed by atoms with Crippen LogP contribution in [0.5, 0.6) is 0 Å². The molecular formula is C19H17N5O3S2. The van der Waals surface area contributed by atoms with Crippen molar-refractivity contribution in [3.8, 4) is 0 Å². The lowest BCUT2D eigenvalue weighted by atomic mass is 10.2. The highest BCUT2D eigenvalue weighted by Crippen LogP contribution is 2.20. The Morgan fingerprint density at radius 3 is 2.62 bits per heavy atom. The summed E-state index contributed by atoms with van der Waals surface area (Å²) in [5, 5.41) is 4.75. The fourth-order valence-electron chi connectivity index (χ4n) is 2.74. The van der Waals surface area contributed by atoms with Gasteiger partial charge in [0.2, 0.25) is 5.91 Å². The number of rotatable bonds is 7. The molecule has 10 heteroatoms. The van der Waals surface area contributed by atoms with E-state index in [4.69, 9.17) is 0 Å². The summed E-state index contributed by atoms with van der Waals surface area (Å²) in [6, 6.07) is 13.7. The minimum Gasteiger partial charge on any atom is -0.342 e. The van der Waals surface area contributed by atoms with E-state index in [2.05, 4.69) is 25.0 Å². The minimum atomic E-state index is -3.71. The Kier molecular flexibility index (Phi) is 5.28. The second-order valence-electron chi connectivity index (χ2n) is 6.22. The molecule has 148 valence electrons. The lowest BCUT2D eigenvalue weighted by Crippen LogP contribution is -2.14. The van der Waals surface area contributed by atoms with Crippen molar-refractivity contribution in [3.63, 3.8) is 0 Å².